The van der Waals surface area contributed by atoms with Crippen LogP contribution in [0.4, 0.5) is 0 Å². The Morgan fingerprint density at radius 1 is 1.17 bits per heavy atom. The summed E-state index contributed by atoms with van der Waals surface area (Å²) in [5, 5.41) is 3.90. The van der Waals surface area contributed by atoms with Crippen molar-refractivity contribution >= 4 is 0 Å². The quantitative estimate of drug-likeness (QED) is 0.858. The highest BCUT2D eigenvalue weighted by atomic mass is 16.5. The standard InChI is InChI=1S/C12H15N3O3/c1-16-9-5-8(6-10(7-9)17-2)12-14-11(3-4-13)18-15-12/h5-7H,3-4,13H2,1-2H3. The molecule has 1 heterocycles. The van der Waals surface area contributed by atoms with Gasteiger partial charge in [-0.05, 0) is 12.1 Å². The number of benzene rings is 1. The second-order valence-electron chi connectivity index (χ2n) is 3.65. The molecule has 0 aliphatic heterocycles. The van der Waals surface area contributed by atoms with Gasteiger partial charge in [0.1, 0.15) is 11.5 Å². The molecule has 0 saturated carbocycles. The number of hydrogen-bond donors (Lipinski definition) is 1. The Morgan fingerprint density at radius 3 is 2.39 bits per heavy atom. The average molecular weight is 249 g/mol. The summed E-state index contributed by atoms with van der Waals surface area (Å²) in [6, 6.07) is 5.42. The van der Waals surface area contributed by atoms with Gasteiger partial charge in [-0.15, -0.1) is 0 Å². The van der Waals surface area contributed by atoms with Gasteiger partial charge >= 0.3 is 0 Å². The minimum atomic E-state index is 0.475. The molecule has 0 bridgehead atoms. The summed E-state index contributed by atoms with van der Waals surface area (Å²) in [5.41, 5.74) is 6.21. The molecule has 2 rings (SSSR count). The molecule has 6 heteroatoms. The van der Waals surface area contributed by atoms with Gasteiger partial charge < -0.3 is 19.7 Å². The number of nitrogens with zero attached hydrogens (tertiary/aromatic N) is 2. The molecule has 6 nitrogen and oxygen atoms in total. The van der Waals surface area contributed by atoms with E-state index in [1.807, 2.05) is 12.1 Å². The van der Waals surface area contributed by atoms with Crippen molar-refractivity contribution in [2.75, 3.05) is 20.8 Å². The summed E-state index contributed by atoms with van der Waals surface area (Å²) in [6.45, 7) is 0.475. The molecule has 0 aliphatic carbocycles. The molecule has 0 fully saturated rings. The van der Waals surface area contributed by atoms with Gasteiger partial charge in [-0.3, -0.25) is 0 Å². The first-order valence-corrected chi connectivity index (χ1v) is 5.53. The largest absolute Gasteiger partial charge is 0.497 e. The summed E-state index contributed by atoms with van der Waals surface area (Å²) in [4.78, 5) is 4.25. The van der Waals surface area contributed by atoms with Crippen LogP contribution < -0.4 is 15.2 Å². The van der Waals surface area contributed by atoms with Crippen LogP contribution in [0.25, 0.3) is 11.4 Å². The lowest BCUT2D eigenvalue weighted by atomic mass is 10.2. The molecular weight excluding hydrogens is 234 g/mol. The molecule has 0 unspecified atom stereocenters. The van der Waals surface area contributed by atoms with Crippen LogP contribution in [0.1, 0.15) is 5.89 Å². The van der Waals surface area contributed by atoms with Crippen LogP contribution >= 0.6 is 0 Å². The van der Waals surface area contributed by atoms with Crippen molar-refractivity contribution in [1.29, 1.82) is 0 Å². The third-order valence-electron chi connectivity index (χ3n) is 2.44. The molecule has 0 radical (unpaired) electrons. The number of nitrogens with two attached hydrogens (primary N) is 1. The summed E-state index contributed by atoms with van der Waals surface area (Å²) in [5.74, 6) is 2.37. The van der Waals surface area contributed by atoms with Crippen molar-refractivity contribution in [3.63, 3.8) is 0 Å². The molecule has 0 spiro atoms. The molecular formula is C12H15N3O3. The molecule has 0 saturated heterocycles. The van der Waals surface area contributed by atoms with E-state index in [9.17, 15) is 0 Å². The molecule has 1 aromatic carbocycles. The van der Waals surface area contributed by atoms with Crippen LogP contribution in [-0.4, -0.2) is 30.9 Å². The van der Waals surface area contributed by atoms with Crippen molar-refractivity contribution in [2.24, 2.45) is 5.73 Å². The Kier molecular flexibility index (Phi) is 3.78. The molecule has 1 aromatic heterocycles. The second kappa shape index (κ2) is 5.50. The maximum Gasteiger partial charge on any atom is 0.228 e. The van der Waals surface area contributed by atoms with E-state index >= 15 is 0 Å². The Balaban J connectivity index is 2.35. The van der Waals surface area contributed by atoms with Gasteiger partial charge in [-0.2, -0.15) is 4.98 Å². The minimum Gasteiger partial charge on any atom is -0.497 e. The lowest BCUT2D eigenvalue weighted by Crippen LogP contribution is -2.02. The average Bonchev–Trinajstić information content (AvgIpc) is 2.87. The van der Waals surface area contributed by atoms with Gasteiger partial charge in [0, 0.05) is 24.6 Å². The smallest absolute Gasteiger partial charge is 0.228 e. The molecule has 0 amide bonds. The number of hydrogen-bond acceptors (Lipinski definition) is 6. The maximum atomic E-state index is 5.43. The summed E-state index contributed by atoms with van der Waals surface area (Å²) >= 11 is 0. The van der Waals surface area contributed by atoms with Crippen molar-refractivity contribution in [3.8, 4) is 22.9 Å². The van der Waals surface area contributed by atoms with Gasteiger partial charge in [0.15, 0.2) is 0 Å². The van der Waals surface area contributed by atoms with E-state index in [-0.39, 0.29) is 0 Å². The topological polar surface area (TPSA) is 83.4 Å². The lowest BCUT2D eigenvalue weighted by molar-refractivity contribution is 0.380. The van der Waals surface area contributed by atoms with E-state index in [4.69, 9.17) is 19.7 Å². The Bertz CT molecular complexity index is 503. The van der Waals surface area contributed by atoms with E-state index in [2.05, 4.69) is 10.1 Å². The molecule has 0 aliphatic rings. The molecule has 96 valence electrons. The summed E-state index contributed by atoms with van der Waals surface area (Å²) in [6.07, 6.45) is 0.564. The predicted octanol–water partition coefficient (Wildman–Crippen LogP) is 1.25. The van der Waals surface area contributed by atoms with E-state index in [1.165, 1.54) is 0 Å². The number of aromatic nitrogens is 2. The fraction of sp³-hybridized carbons (Fsp3) is 0.333. The van der Waals surface area contributed by atoms with E-state index in [0.717, 1.165) is 5.56 Å². The van der Waals surface area contributed by atoms with Crippen molar-refractivity contribution in [3.05, 3.63) is 24.1 Å². The Morgan fingerprint density at radius 2 is 1.83 bits per heavy atom. The van der Waals surface area contributed by atoms with Crippen molar-refractivity contribution in [2.45, 2.75) is 6.42 Å². The fourth-order valence-corrected chi connectivity index (χ4v) is 1.53. The minimum absolute atomic E-state index is 0.475. The molecule has 18 heavy (non-hydrogen) atoms. The van der Waals surface area contributed by atoms with Gasteiger partial charge in [0.2, 0.25) is 11.7 Å². The first kappa shape index (κ1) is 12.4. The zero-order valence-electron chi connectivity index (χ0n) is 10.3. The Hall–Kier alpha value is -2.08. The van der Waals surface area contributed by atoms with Gasteiger partial charge in [0.05, 0.1) is 14.2 Å². The fourth-order valence-electron chi connectivity index (χ4n) is 1.53. The van der Waals surface area contributed by atoms with Gasteiger partial charge in [-0.25, -0.2) is 0 Å². The van der Waals surface area contributed by atoms with Gasteiger partial charge in [-0.1, -0.05) is 5.16 Å². The number of rotatable bonds is 5. The maximum absolute atomic E-state index is 5.43. The van der Waals surface area contributed by atoms with Gasteiger partial charge in [0.25, 0.3) is 0 Å². The summed E-state index contributed by atoms with van der Waals surface area (Å²) < 4.78 is 15.5. The lowest BCUT2D eigenvalue weighted by Gasteiger charge is -2.05. The number of methoxy groups -OCH3 is 2. The normalized spacial score (nSPS) is 10.4. The highest BCUT2D eigenvalue weighted by Gasteiger charge is 2.10. The molecule has 2 N–H and O–H groups in total. The van der Waals surface area contributed by atoms with Crippen LogP contribution in [0.2, 0.25) is 0 Å². The van der Waals surface area contributed by atoms with Crippen LogP contribution in [0.15, 0.2) is 22.7 Å². The first-order valence-electron chi connectivity index (χ1n) is 5.53. The van der Waals surface area contributed by atoms with Crippen LogP contribution in [0.3, 0.4) is 0 Å². The first-order chi connectivity index (χ1) is 8.76. The Labute approximate surface area is 105 Å². The third kappa shape index (κ3) is 2.60. The van der Waals surface area contributed by atoms with Crippen molar-refractivity contribution < 1.29 is 14.0 Å². The molecule has 2 aromatic rings. The SMILES string of the molecule is COc1cc(OC)cc(-c2noc(CCN)n2)c1. The van der Waals surface area contributed by atoms with E-state index in [0.29, 0.717) is 36.2 Å². The monoisotopic (exact) mass is 249 g/mol. The second-order valence-corrected chi connectivity index (χ2v) is 3.65. The van der Waals surface area contributed by atoms with Crippen LogP contribution in [0, 0.1) is 0 Å². The molecule has 0 atom stereocenters. The number of ether oxygens (including phenoxy) is 2. The highest BCUT2D eigenvalue weighted by molar-refractivity contribution is 5.60. The predicted molar refractivity (Wildman–Crippen MR) is 65.6 cm³/mol. The van der Waals surface area contributed by atoms with Crippen LogP contribution in [0.5, 0.6) is 11.5 Å². The van der Waals surface area contributed by atoms with Crippen molar-refractivity contribution in [1.82, 2.24) is 10.1 Å². The van der Waals surface area contributed by atoms with Crippen LogP contribution in [-0.2, 0) is 6.42 Å². The van der Waals surface area contributed by atoms with E-state index in [1.54, 1.807) is 20.3 Å². The third-order valence-corrected chi connectivity index (χ3v) is 2.44. The highest BCUT2D eigenvalue weighted by Crippen LogP contribution is 2.28. The summed E-state index contributed by atoms with van der Waals surface area (Å²) in [7, 11) is 3.18. The zero-order valence-corrected chi connectivity index (χ0v) is 10.3. The van der Waals surface area contributed by atoms with E-state index < -0.39 is 0 Å². The zero-order chi connectivity index (χ0) is 13.0.